The van der Waals surface area contributed by atoms with E-state index in [1.807, 2.05) is 0 Å². The van der Waals surface area contributed by atoms with Crippen LogP contribution in [0.1, 0.15) is 26.2 Å². The van der Waals surface area contributed by atoms with E-state index in [4.69, 9.17) is 14.6 Å². The molecule has 8 heteroatoms. The quantitative estimate of drug-likeness (QED) is 0.232. The average Bonchev–Trinajstić information content (AvgIpc) is 2.42. The molecule has 0 aliphatic heterocycles. The topological polar surface area (TPSA) is 105 Å². The molecule has 0 radical (unpaired) electrons. The Labute approximate surface area is 124 Å². The van der Waals surface area contributed by atoms with Crippen molar-refractivity contribution in [1.29, 1.82) is 0 Å². The lowest BCUT2D eigenvalue weighted by molar-refractivity contribution is -0.180. The van der Waals surface area contributed by atoms with Crippen LogP contribution in [0.15, 0.2) is 0 Å². The highest BCUT2D eigenvalue weighted by molar-refractivity contribution is 7.80. The Morgan fingerprint density at radius 2 is 2.05 bits per heavy atom. The van der Waals surface area contributed by atoms with Crippen LogP contribution >= 0.6 is 12.6 Å². The molecule has 0 saturated heterocycles. The molecule has 7 nitrogen and oxygen atoms in total. The first-order valence-corrected chi connectivity index (χ1v) is 7.10. The monoisotopic (exact) mass is 309 g/mol. The van der Waals surface area contributed by atoms with Crippen molar-refractivity contribution < 1.29 is 29.3 Å². The van der Waals surface area contributed by atoms with E-state index in [0.29, 0.717) is 18.7 Å². The van der Waals surface area contributed by atoms with Gasteiger partial charge in [-0.2, -0.15) is 12.6 Å². The largest absolute Gasteiger partial charge is 0.460 e. The molecule has 0 rings (SSSR count). The Hall–Kier alpha value is -0.830. The first kappa shape index (κ1) is 19.2. The third-order valence-corrected chi connectivity index (χ3v) is 2.48. The zero-order chi connectivity index (χ0) is 15.4. The minimum Gasteiger partial charge on any atom is -0.460 e. The van der Waals surface area contributed by atoms with Gasteiger partial charge < -0.3 is 25.0 Å². The molecular weight excluding hydrogens is 286 g/mol. The molecule has 0 heterocycles. The number of nitrogens with one attached hydrogen (secondary N) is 1. The van der Waals surface area contributed by atoms with E-state index < -0.39 is 18.4 Å². The Bertz CT molecular complexity index is 289. The second-order valence-corrected chi connectivity index (χ2v) is 4.64. The fraction of sp³-hybridized carbons (Fsp3) is 0.833. The van der Waals surface area contributed by atoms with Crippen molar-refractivity contribution in [3.8, 4) is 0 Å². The zero-order valence-electron chi connectivity index (χ0n) is 11.6. The van der Waals surface area contributed by atoms with Crippen molar-refractivity contribution >= 4 is 24.5 Å². The minimum absolute atomic E-state index is 0.0938. The van der Waals surface area contributed by atoms with Gasteiger partial charge in [-0.25, -0.2) is 0 Å². The number of thiol groups is 1. The number of carbonyl (C=O) groups excluding carboxylic acids is 2. The van der Waals surface area contributed by atoms with Gasteiger partial charge in [-0.3, -0.25) is 9.59 Å². The lowest BCUT2D eigenvalue weighted by Crippen LogP contribution is -2.28. The van der Waals surface area contributed by atoms with E-state index in [2.05, 4.69) is 17.9 Å². The molecule has 0 aliphatic rings. The molecule has 0 aliphatic carbocycles. The molecule has 0 fully saturated rings. The maximum Gasteiger partial charge on any atom is 0.305 e. The van der Waals surface area contributed by atoms with E-state index in [9.17, 15) is 14.7 Å². The Morgan fingerprint density at radius 1 is 1.35 bits per heavy atom. The van der Waals surface area contributed by atoms with Gasteiger partial charge in [0.15, 0.2) is 6.29 Å². The number of amides is 1. The number of carbonyl (C=O) groups is 2. The van der Waals surface area contributed by atoms with Gasteiger partial charge in [0.2, 0.25) is 5.91 Å². The van der Waals surface area contributed by atoms with Crippen molar-refractivity contribution in [2.24, 2.45) is 0 Å². The lowest BCUT2D eigenvalue weighted by atomic mass is 10.2. The number of aliphatic hydroxyl groups excluding tert-OH is 2. The molecule has 1 amide bonds. The minimum atomic E-state index is -1.26. The molecule has 0 saturated carbocycles. The van der Waals surface area contributed by atoms with Gasteiger partial charge in [0.05, 0.1) is 12.7 Å². The number of hydrogen-bond donors (Lipinski definition) is 4. The van der Waals surface area contributed by atoms with Crippen LogP contribution in [0, 0.1) is 0 Å². The van der Waals surface area contributed by atoms with Crippen LogP contribution in [0.3, 0.4) is 0 Å². The summed E-state index contributed by atoms with van der Waals surface area (Å²) >= 11 is 3.96. The highest BCUT2D eigenvalue weighted by Gasteiger charge is 2.12. The lowest BCUT2D eigenvalue weighted by Gasteiger charge is -2.16. The van der Waals surface area contributed by atoms with Crippen LogP contribution in [-0.2, 0) is 19.1 Å². The second-order valence-electron chi connectivity index (χ2n) is 4.19. The molecule has 0 aromatic carbocycles. The summed E-state index contributed by atoms with van der Waals surface area (Å²) in [5, 5.41) is 20.7. The predicted molar refractivity (Wildman–Crippen MR) is 75.3 cm³/mol. The van der Waals surface area contributed by atoms with E-state index in [0.717, 1.165) is 0 Å². The van der Waals surface area contributed by atoms with Crippen molar-refractivity contribution in [3.63, 3.8) is 0 Å². The van der Waals surface area contributed by atoms with E-state index >= 15 is 0 Å². The normalized spacial score (nSPS) is 13.6. The van der Waals surface area contributed by atoms with Gasteiger partial charge in [-0.05, 0) is 13.3 Å². The van der Waals surface area contributed by atoms with E-state index in [1.165, 1.54) is 0 Å². The Kier molecular flexibility index (Phi) is 11.5. The van der Waals surface area contributed by atoms with Crippen molar-refractivity contribution in [1.82, 2.24) is 5.32 Å². The summed E-state index contributed by atoms with van der Waals surface area (Å²) in [4.78, 5) is 22.5. The summed E-state index contributed by atoms with van der Waals surface area (Å²) < 4.78 is 9.67. The SMILES string of the molecule is CC(CO)OC(O)COC(=O)CCCC(=O)NCCS. The number of hydrogen-bond acceptors (Lipinski definition) is 7. The summed E-state index contributed by atoms with van der Waals surface area (Å²) in [6.07, 6.45) is -1.08. The standard InChI is InChI=1S/C12H23NO6S/c1-9(7-14)19-12(17)8-18-11(16)4-2-3-10(15)13-5-6-20/h9,12,14,17,20H,2-8H2,1H3,(H,13,15). The van der Waals surface area contributed by atoms with Gasteiger partial charge >= 0.3 is 5.97 Å². The number of ether oxygens (including phenoxy) is 2. The first-order valence-electron chi connectivity index (χ1n) is 6.47. The molecule has 0 spiro atoms. The summed E-state index contributed by atoms with van der Waals surface area (Å²) in [6.45, 7) is 1.55. The maximum atomic E-state index is 11.3. The Morgan fingerprint density at radius 3 is 2.65 bits per heavy atom. The van der Waals surface area contributed by atoms with Crippen molar-refractivity contribution in [2.45, 2.75) is 38.6 Å². The molecule has 20 heavy (non-hydrogen) atoms. The second kappa shape index (κ2) is 12.0. The molecular formula is C12H23NO6S. The van der Waals surface area contributed by atoms with Gasteiger partial charge in [0, 0.05) is 25.1 Å². The molecule has 2 unspecified atom stereocenters. The van der Waals surface area contributed by atoms with Crippen LogP contribution in [0.25, 0.3) is 0 Å². The molecule has 3 N–H and O–H groups in total. The van der Waals surface area contributed by atoms with Crippen molar-refractivity contribution in [3.05, 3.63) is 0 Å². The summed E-state index contributed by atoms with van der Waals surface area (Å²) in [5.41, 5.74) is 0. The summed E-state index contributed by atoms with van der Waals surface area (Å²) in [6, 6.07) is 0. The van der Waals surface area contributed by atoms with E-state index in [-0.39, 0.29) is 32.0 Å². The molecule has 118 valence electrons. The summed E-state index contributed by atoms with van der Waals surface area (Å²) in [7, 11) is 0. The highest BCUT2D eigenvalue weighted by atomic mass is 32.1. The zero-order valence-corrected chi connectivity index (χ0v) is 12.5. The van der Waals surface area contributed by atoms with Crippen LogP contribution in [0.2, 0.25) is 0 Å². The first-order chi connectivity index (χ1) is 9.49. The van der Waals surface area contributed by atoms with Crippen molar-refractivity contribution in [2.75, 3.05) is 25.5 Å². The van der Waals surface area contributed by atoms with Gasteiger partial charge in [0.25, 0.3) is 0 Å². The molecule has 0 bridgehead atoms. The number of rotatable bonds is 11. The van der Waals surface area contributed by atoms with Crippen LogP contribution in [0.4, 0.5) is 0 Å². The molecule has 0 aromatic rings. The molecule has 0 aromatic heterocycles. The smallest absolute Gasteiger partial charge is 0.305 e. The van der Waals surface area contributed by atoms with Crippen LogP contribution < -0.4 is 5.32 Å². The summed E-state index contributed by atoms with van der Waals surface area (Å²) in [5.74, 6) is -0.0731. The van der Waals surface area contributed by atoms with Gasteiger partial charge in [-0.1, -0.05) is 0 Å². The number of aliphatic hydroxyl groups is 2. The average molecular weight is 309 g/mol. The molecule has 2 atom stereocenters. The van der Waals surface area contributed by atoms with Crippen LogP contribution in [-0.4, -0.2) is 60.0 Å². The Balaban J connectivity index is 3.61. The fourth-order valence-corrected chi connectivity index (χ4v) is 1.38. The number of esters is 1. The third-order valence-electron chi connectivity index (χ3n) is 2.25. The third kappa shape index (κ3) is 11.0. The fourth-order valence-electron chi connectivity index (χ4n) is 1.26. The predicted octanol–water partition coefficient (Wildman–Crippen LogP) is -0.538. The maximum absolute atomic E-state index is 11.3. The highest BCUT2D eigenvalue weighted by Crippen LogP contribution is 2.01. The van der Waals surface area contributed by atoms with Crippen LogP contribution in [0.5, 0.6) is 0 Å². The van der Waals surface area contributed by atoms with Gasteiger partial charge in [-0.15, -0.1) is 0 Å². The van der Waals surface area contributed by atoms with E-state index in [1.54, 1.807) is 6.92 Å². The van der Waals surface area contributed by atoms with Gasteiger partial charge in [0.1, 0.15) is 6.61 Å².